The van der Waals surface area contributed by atoms with Gasteiger partial charge in [-0.15, -0.1) is 0 Å². The summed E-state index contributed by atoms with van der Waals surface area (Å²) < 4.78 is -1.43. The van der Waals surface area contributed by atoms with Crippen LogP contribution in [0.5, 0.6) is 0 Å². The van der Waals surface area contributed by atoms with Crippen LogP contribution in [-0.2, 0) is 9.59 Å². The van der Waals surface area contributed by atoms with Crippen molar-refractivity contribution in [3.8, 4) is 0 Å². The Morgan fingerprint density at radius 3 is 2.33 bits per heavy atom. The highest BCUT2D eigenvalue weighted by Crippen LogP contribution is 2.23. The minimum Gasteiger partial charge on any atom is -0.481 e. The summed E-state index contributed by atoms with van der Waals surface area (Å²) in [6.07, 6.45) is -0.412. The van der Waals surface area contributed by atoms with Crippen molar-refractivity contribution in [3.05, 3.63) is 0 Å². The van der Waals surface area contributed by atoms with E-state index in [2.05, 4.69) is 30.6 Å². The van der Waals surface area contributed by atoms with E-state index in [0.29, 0.717) is 6.54 Å². The molecular weight excluding hydrogens is 198 g/mol. The molecule has 0 aliphatic carbocycles. The molecule has 0 unspecified atom stereocenters. The maximum Gasteiger partial charge on any atom is 0.306 e. The predicted octanol–water partition coefficient (Wildman–Crippen LogP) is 0.153. The highest BCUT2D eigenvalue weighted by Gasteiger charge is 2.32. The van der Waals surface area contributed by atoms with Crippen LogP contribution in [0, 0.1) is 0 Å². The summed E-state index contributed by atoms with van der Waals surface area (Å²) >= 11 is 7.65. The lowest BCUT2D eigenvalue weighted by Crippen LogP contribution is -2.39. The molecule has 0 heterocycles. The van der Waals surface area contributed by atoms with E-state index < -0.39 is 22.4 Å². The Hall–Kier alpha value is -0.360. The predicted molar refractivity (Wildman–Crippen MR) is 51.6 cm³/mol. The SMILES string of the molecule is CCNC(=O)C(S)(S)CC(=O)O. The summed E-state index contributed by atoms with van der Waals surface area (Å²) in [7, 11) is 0. The minimum atomic E-state index is -1.43. The largest absolute Gasteiger partial charge is 0.481 e. The van der Waals surface area contributed by atoms with Gasteiger partial charge in [-0.1, -0.05) is 0 Å². The third-order valence-electron chi connectivity index (χ3n) is 1.10. The number of nitrogens with one attached hydrogen (secondary N) is 1. The molecule has 6 heteroatoms. The maximum atomic E-state index is 11.1. The zero-order chi connectivity index (χ0) is 9.78. The normalized spacial score (nSPS) is 10.9. The van der Waals surface area contributed by atoms with Gasteiger partial charge >= 0.3 is 5.97 Å². The molecule has 0 aliphatic rings. The van der Waals surface area contributed by atoms with Crippen molar-refractivity contribution in [1.82, 2.24) is 5.32 Å². The molecule has 1 amide bonds. The van der Waals surface area contributed by atoms with Gasteiger partial charge in [0.05, 0.1) is 6.42 Å². The molecule has 0 bridgehead atoms. The molecule has 0 saturated carbocycles. The zero-order valence-corrected chi connectivity index (χ0v) is 8.36. The summed E-state index contributed by atoms with van der Waals surface area (Å²) in [5, 5.41) is 10.8. The van der Waals surface area contributed by atoms with Gasteiger partial charge in [-0.05, 0) is 6.92 Å². The summed E-state index contributed by atoms with van der Waals surface area (Å²) in [6.45, 7) is 2.16. The molecule has 4 nitrogen and oxygen atoms in total. The molecule has 0 aromatic rings. The highest BCUT2D eigenvalue weighted by atomic mass is 32.2. The number of hydrogen-bond acceptors (Lipinski definition) is 4. The number of rotatable bonds is 4. The number of carbonyl (C=O) groups excluding carboxylic acids is 1. The number of aliphatic carboxylic acids is 1. The van der Waals surface area contributed by atoms with Crippen LogP contribution in [-0.4, -0.2) is 27.6 Å². The van der Waals surface area contributed by atoms with Gasteiger partial charge in [0, 0.05) is 6.54 Å². The minimum absolute atomic E-state index is 0.412. The van der Waals surface area contributed by atoms with Crippen molar-refractivity contribution >= 4 is 37.1 Å². The first-order valence-corrected chi connectivity index (χ1v) is 4.24. The Bertz CT molecular complexity index is 193. The van der Waals surface area contributed by atoms with E-state index in [0.717, 1.165) is 0 Å². The maximum absolute atomic E-state index is 11.1. The molecule has 0 radical (unpaired) electrons. The van der Waals surface area contributed by atoms with Crippen molar-refractivity contribution in [2.75, 3.05) is 6.54 Å². The fourth-order valence-corrected chi connectivity index (χ4v) is 1.02. The molecular formula is C6H11NO3S2. The number of carbonyl (C=O) groups is 2. The molecule has 0 saturated heterocycles. The smallest absolute Gasteiger partial charge is 0.306 e. The molecule has 0 aliphatic heterocycles. The second-order valence-electron chi connectivity index (χ2n) is 2.25. The Balaban J connectivity index is 4.18. The third-order valence-corrected chi connectivity index (χ3v) is 1.82. The number of carboxylic acids is 1. The van der Waals surface area contributed by atoms with Crippen molar-refractivity contribution < 1.29 is 14.7 Å². The second-order valence-corrected chi connectivity index (χ2v) is 4.13. The van der Waals surface area contributed by atoms with Crippen molar-refractivity contribution in [2.24, 2.45) is 0 Å². The topological polar surface area (TPSA) is 66.4 Å². The second kappa shape index (κ2) is 4.61. The molecule has 70 valence electrons. The van der Waals surface area contributed by atoms with Crippen LogP contribution in [0.25, 0.3) is 0 Å². The molecule has 12 heavy (non-hydrogen) atoms. The molecule has 0 aromatic heterocycles. The Morgan fingerprint density at radius 2 is 2.00 bits per heavy atom. The van der Waals surface area contributed by atoms with E-state index in [9.17, 15) is 9.59 Å². The first-order chi connectivity index (χ1) is 5.40. The molecule has 0 atom stereocenters. The van der Waals surface area contributed by atoms with Gasteiger partial charge in [0.1, 0.15) is 4.08 Å². The van der Waals surface area contributed by atoms with E-state index in [4.69, 9.17) is 5.11 Å². The van der Waals surface area contributed by atoms with E-state index in [1.807, 2.05) is 0 Å². The Morgan fingerprint density at radius 1 is 1.50 bits per heavy atom. The van der Waals surface area contributed by atoms with E-state index in [1.165, 1.54) is 0 Å². The van der Waals surface area contributed by atoms with Crippen LogP contribution < -0.4 is 5.32 Å². The van der Waals surface area contributed by atoms with Crippen molar-refractivity contribution in [1.29, 1.82) is 0 Å². The highest BCUT2D eigenvalue weighted by molar-refractivity contribution is 8.02. The summed E-state index contributed by atoms with van der Waals surface area (Å²) in [4.78, 5) is 21.3. The Labute approximate surface area is 81.5 Å². The lowest BCUT2D eigenvalue weighted by molar-refractivity contribution is -0.138. The number of carboxylic acid groups (broad SMARTS) is 1. The number of amides is 1. The molecule has 0 aromatic carbocycles. The lowest BCUT2D eigenvalue weighted by Gasteiger charge is -2.18. The average molecular weight is 209 g/mol. The summed E-state index contributed by atoms with van der Waals surface area (Å²) in [6, 6.07) is 0. The average Bonchev–Trinajstić information content (AvgIpc) is 1.85. The molecule has 0 rings (SSSR count). The van der Waals surface area contributed by atoms with Crippen LogP contribution in [0.4, 0.5) is 0 Å². The number of hydrogen-bond donors (Lipinski definition) is 4. The zero-order valence-electron chi connectivity index (χ0n) is 6.57. The fraction of sp³-hybridized carbons (Fsp3) is 0.667. The van der Waals surface area contributed by atoms with Crippen molar-refractivity contribution in [2.45, 2.75) is 17.4 Å². The van der Waals surface area contributed by atoms with Gasteiger partial charge in [-0.3, -0.25) is 9.59 Å². The fourth-order valence-electron chi connectivity index (χ4n) is 0.593. The Kier molecular flexibility index (Phi) is 4.47. The van der Waals surface area contributed by atoms with Crippen LogP contribution in [0.2, 0.25) is 0 Å². The van der Waals surface area contributed by atoms with Gasteiger partial charge in [0.25, 0.3) is 0 Å². The van der Waals surface area contributed by atoms with E-state index in [-0.39, 0.29) is 0 Å². The summed E-state index contributed by atoms with van der Waals surface area (Å²) in [5.41, 5.74) is 0. The van der Waals surface area contributed by atoms with Crippen LogP contribution in [0.15, 0.2) is 0 Å². The van der Waals surface area contributed by atoms with Gasteiger partial charge in [0.15, 0.2) is 0 Å². The van der Waals surface area contributed by atoms with Crippen LogP contribution in [0.3, 0.4) is 0 Å². The van der Waals surface area contributed by atoms with Gasteiger partial charge < -0.3 is 10.4 Å². The van der Waals surface area contributed by atoms with Crippen molar-refractivity contribution in [3.63, 3.8) is 0 Å². The molecule has 0 fully saturated rings. The van der Waals surface area contributed by atoms with Crippen LogP contribution in [0.1, 0.15) is 13.3 Å². The lowest BCUT2D eigenvalue weighted by atomic mass is 10.3. The van der Waals surface area contributed by atoms with E-state index >= 15 is 0 Å². The summed E-state index contributed by atoms with van der Waals surface area (Å²) in [5.74, 6) is -1.59. The monoisotopic (exact) mass is 209 g/mol. The molecule has 0 spiro atoms. The molecule has 2 N–H and O–H groups in total. The van der Waals surface area contributed by atoms with E-state index in [1.54, 1.807) is 6.92 Å². The van der Waals surface area contributed by atoms with Crippen LogP contribution >= 0.6 is 25.3 Å². The van der Waals surface area contributed by atoms with Gasteiger partial charge in [-0.2, -0.15) is 25.3 Å². The first-order valence-electron chi connectivity index (χ1n) is 3.35. The van der Waals surface area contributed by atoms with Gasteiger partial charge in [-0.25, -0.2) is 0 Å². The quantitative estimate of drug-likeness (QED) is 0.394. The standard InChI is InChI=1S/C6H11NO3S2/c1-2-7-5(10)6(11,12)3-4(8)9/h11-12H,2-3H2,1H3,(H,7,10)(H,8,9). The third kappa shape index (κ3) is 3.87. The number of thiol groups is 2. The first kappa shape index (κ1) is 11.6. The van der Waals surface area contributed by atoms with Gasteiger partial charge in [0.2, 0.25) is 5.91 Å².